The van der Waals surface area contributed by atoms with Crippen molar-refractivity contribution in [3.63, 3.8) is 0 Å². The summed E-state index contributed by atoms with van der Waals surface area (Å²) in [6.07, 6.45) is 2.90. The molecule has 5 heteroatoms. The van der Waals surface area contributed by atoms with Gasteiger partial charge in [-0.25, -0.2) is 4.98 Å². The van der Waals surface area contributed by atoms with E-state index in [9.17, 15) is 4.79 Å². The molecule has 4 nitrogen and oxygen atoms in total. The van der Waals surface area contributed by atoms with Crippen molar-refractivity contribution in [2.24, 2.45) is 0 Å². The van der Waals surface area contributed by atoms with E-state index in [2.05, 4.69) is 33.2 Å². The van der Waals surface area contributed by atoms with Gasteiger partial charge in [0.25, 0.3) is 5.91 Å². The number of carbonyl (C=O) groups is 1. The molecule has 0 aliphatic carbocycles. The van der Waals surface area contributed by atoms with E-state index in [-0.39, 0.29) is 5.91 Å². The van der Waals surface area contributed by atoms with Crippen LogP contribution in [0, 0.1) is 13.8 Å². The second-order valence-electron chi connectivity index (χ2n) is 4.86. The summed E-state index contributed by atoms with van der Waals surface area (Å²) < 4.78 is 2.85. The highest BCUT2D eigenvalue weighted by Gasteiger charge is 2.13. The minimum atomic E-state index is -0.137. The van der Waals surface area contributed by atoms with Crippen LogP contribution in [-0.4, -0.2) is 15.5 Å². The summed E-state index contributed by atoms with van der Waals surface area (Å²) in [4.78, 5) is 16.7. The van der Waals surface area contributed by atoms with Gasteiger partial charge in [0.1, 0.15) is 11.5 Å². The lowest BCUT2D eigenvalue weighted by molar-refractivity contribution is 0.101. The zero-order valence-electron chi connectivity index (χ0n) is 11.9. The van der Waals surface area contributed by atoms with Crippen LogP contribution in [0.3, 0.4) is 0 Å². The lowest BCUT2D eigenvalue weighted by Crippen LogP contribution is -2.17. The molecule has 2 aromatic heterocycles. The molecule has 0 fully saturated rings. The maximum Gasteiger partial charge on any atom is 0.273 e. The quantitative estimate of drug-likeness (QED) is 0.920. The van der Waals surface area contributed by atoms with Gasteiger partial charge in [-0.15, -0.1) is 0 Å². The topological polar surface area (TPSA) is 46.9 Å². The van der Waals surface area contributed by atoms with Crippen molar-refractivity contribution in [3.05, 3.63) is 45.8 Å². The van der Waals surface area contributed by atoms with E-state index in [1.807, 2.05) is 42.8 Å². The van der Waals surface area contributed by atoms with Crippen LogP contribution < -0.4 is 5.32 Å². The van der Waals surface area contributed by atoms with E-state index in [1.165, 1.54) is 0 Å². The van der Waals surface area contributed by atoms with Gasteiger partial charge in [0.15, 0.2) is 0 Å². The fourth-order valence-corrected chi connectivity index (χ4v) is 2.64. The number of halogens is 1. The summed E-state index contributed by atoms with van der Waals surface area (Å²) in [5, 5.41) is 2.86. The van der Waals surface area contributed by atoms with Crippen LogP contribution in [0.4, 0.5) is 5.82 Å². The highest BCUT2D eigenvalue weighted by atomic mass is 79.9. The zero-order chi connectivity index (χ0) is 14.7. The maximum absolute atomic E-state index is 12.4. The van der Waals surface area contributed by atoms with Gasteiger partial charge in [0, 0.05) is 22.9 Å². The van der Waals surface area contributed by atoms with Gasteiger partial charge in [-0.05, 0) is 60.0 Å². The average Bonchev–Trinajstić information content (AvgIpc) is 2.69. The molecule has 20 heavy (non-hydrogen) atoms. The van der Waals surface area contributed by atoms with Gasteiger partial charge in [-0.3, -0.25) is 4.79 Å². The fraction of sp³-hybridized carbons (Fsp3) is 0.333. The standard InChI is InChI=1S/C15H18BrN3O/c1-4-5-19-9-12(16)8-13(19)15(20)18-14-7-10(2)6-11(3)17-14/h6-9H,4-5H2,1-3H3,(H,17,18,20). The molecule has 1 N–H and O–H groups in total. The highest BCUT2D eigenvalue weighted by Crippen LogP contribution is 2.17. The van der Waals surface area contributed by atoms with Crippen LogP contribution in [0.15, 0.2) is 28.9 Å². The number of hydrogen-bond donors (Lipinski definition) is 1. The summed E-state index contributed by atoms with van der Waals surface area (Å²) in [7, 11) is 0. The molecule has 0 unspecified atom stereocenters. The Morgan fingerprint density at radius 2 is 2.10 bits per heavy atom. The Bertz CT molecular complexity index is 614. The van der Waals surface area contributed by atoms with Gasteiger partial charge in [0.05, 0.1) is 0 Å². The van der Waals surface area contributed by atoms with Crippen LogP contribution in [0.2, 0.25) is 0 Å². The van der Waals surface area contributed by atoms with Crippen LogP contribution in [-0.2, 0) is 6.54 Å². The Balaban J connectivity index is 2.23. The SMILES string of the molecule is CCCn1cc(Br)cc1C(=O)Nc1cc(C)cc(C)n1. The molecule has 0 saturated heterocycles. The number of nitrogens with zero attached hydrogens (tertiary/aromatic N) is 2. The monoisotopic (exact) mass is 335 g/mol. The molecule has 2 heterocycles. The minimum absolute atomic E-state index is 0.137. The summed E-state index contributed by atoms with van der Waals surface area (Å²) in [5.41, 5.74) is 2.61. The van der Waals surface area contributed by atoms with Crippen molar-refractivity contribution in [2.75, 3.05) is 5.32 Å². The summed E-state index contributed by atoms with van der Waals surface area (Å²) in [5.74, 6) is 0.453. The summed E-state index contributed by atoms with van der Waals surface area (Å²) >= 11 is 3.41. The van der Waals surface area contributed by atoms with Crippen molar-refractivity contribution in [3.8, 4) is 0 Å². The number of nitrogens with one attached hydrogen (secondary N) is 1. The molecule has 1 amide bonds. The summed E-state index contributed by atoms with van der Waals surface area (Å²) in [6.45, 7) is 6.80. The molecule has 2 rings (SSSR count). The predicted molar refractivity (Wildman–Crippen MR) is 84.1 cm³/mol. The zero-order valence-corrected chi connectivity index (χ0v) is 13.5. The number of aryl methyl sites for hydroxylation is 3. The fourth-order valence-electron chi connectivity index (χ4n) is 2.18. The Labute approximate surface area is 127 Å². The molecule has 0 aliphatic rings. The van der Waals surface area contributed by atoms with E-state index in [0.717, 1.165) is 28.7 Å². The number of aromatic nitrogens is 2. The first kappa shape index (κ1) is 14.8. The maximum atomic E-state index is 12.4. The second-order valence-corrected chi connectivity index (χ2v) is 5.78. The minimum Gasteiger partial charge on any atom is -0.342 e. The molecule has 0 bridgehead atoms. The number of anilines is 1. The Morgan fingerprint density at radius 1 is 1.35 bits per heavy atom. The Morgan fingerprint density at radius 3 is 2.75 bits per heavy atom. The number of hydrogen-bond acceptors (Lipinski definition) is 2. The summed E-state index contributed by atoms with van der Waals surface area (Å²) in [6, 6.07) is 5.67. The third kappa shape index (κ3) is 3.48. The predicted octanol–water partition coefficient (Wildman–Crippen LogP) is 3.92. The van der Waals surface area contributed by atoms with E-state index in [1.54, 1.807) is 0 Å². The van der Waals surface area contributed by atoms with Gasteiger partial charge < -0.3 is 9.88 Å². The molecular weight excluding hydrogens is 318 g/mol. The molecule has 106 valence electrons. The molecule has 0 aromatic carbocycles. The van der Waals surface area contributed by atoms with Gasteiger partial charge in [-0.2, -0.15) is 0 Å². The third-order valence-electron chi connectivity index (χ3n) is 2.90. The molecular formula is C15H18BrN3O. The van der Waals surface area contributed by atoms with Crippen LogP contribution in [0.5, 0.6) is 0 Å². The van der Waals surface area contributed by atoms with Gasteiger partial charge in [-0.1, -0.05) is 6.92 Å². The van der Waals surface area contributed by atoms with Crippen molar-refractivity contribution in [2.45, 2.75) is 33.7 Å². The molecule has 0 aliphatic heterocycles. The number of carbonyl (C=O) groups excluding carboxylic acids is 1. The largest absolute Gasteiger partial charge is 0.342 e. The second kappa shape index (κ2) is 6.22. The first-order valence-corrected chi connectivity index (χ1v) is 7.41. The molecule has 0 spiro atoms. The first-order chi connectivity index (χ1) is 9.49. The van der Waals surface area contributed by atoms with E-state index in [0.29, 0.717) is 11.5 Å². The Kier molecular flexibility index (Phi) is 4.60. The molecule has 0 atom stereocenters. The van der Waals surface area contributed by atoms with Crippen LogP contribution in [0.1, 0.15) is 35.1 Å². The van der Waals surface area contributed by atoms with E-state index in [4.69, 9.17) is 0 Å². The molecule has 0 saturated carbocycles. The van der Waals surface area contributed by atoms with Crippen molar-refractivity contribution < 1.29 is 4.79 Å². The van der Waals surface area contributed by atoms with Gasteiger partial charge >= 0.3 is 0 Å². The number of pyridine rings is 1. The van der Waals surface area contributed by atoms with E-state index >= 15 is 0 Å². The van der Waals surface area contributed by atoms with E-state index < -0.39 is 0 Å². The first-order valence-electron chi connectivity index (χ1n) is 6.62. The molecule has 0 radical (unpaired) electrons. The Hall–Kier alpha value is -1.62. The number of amides is 1. The van der Waals surface area contributed by atoms with Crippen molar-refractivity contribution in [1.29, 1.82) is 0 Å². The molecule has 2 aromatic rings. The van der Waals surface area contributed by atoms with Gasteiger partial charge in [0.2, 0.25) is 0 Å². The smallest absolute Gasteiger partial charge is 0.273 e. The lowest BCUT2D eigenvalue weighted by atomic mass is 10.2. The van der Waals surface area contributed by atoms with Crippen LogP contribution in [0.25, 0.3) is 0 Å². The van der Waals surface area contributed by atoms with Crippen molar-refractivity contribution in [1.82, 2.24) is 9.55 Å². The lowest BCUT2D eigenvalue weighted by Gasteiger charge is -2.09. The third-order valence-corrected chi connectivity index (χ3v) is 3.33. The highest BCUT2D eigenvalue weighted by molar-refractivity contribution is 9.10. The normalized spacial score (nSPS) is 10.6. The van der Waals surface area contributed by atoms with Crippen LogP contribution >= 0.6 is 15.9 Å². The average molecular weight is 336 g/mol. The number of rotatable bonds is 4. The van der Waals surface area contributed by atoms with Crippen molar-refractivity contribution >= 4 is 27.7 Å².